The summed E-state index contributed by atoms with van der Waals surface area (Å²) in [6.45, 7) is 5.38. The molecule has 1 aromatic heterocycles. The van der Waals surface area contributed by atoms with Gasteiger partial charge in [0, 0.05) is 12.4 Å². The van der Waals surface area contributed by atoms with E-state index < -0.39 is 0 Å². The molecule has 3 heteroatoms. The molecule has 0 amide bonds. The van der Waals surface area contributed by atoms with Crippen molar-refractivity contribution in [2.24, 2.45) is 0 Å². The van der Waals surface area contributed by atoms with E-state index in [1.165, 1.54) is 17.5 Å². The minimum atomic E-state index is 0.159. The third-order valence-corrected chi connectivity index (χ3v) is 3.21. The molecule has 0 spiro atoms. The van der Waals surface area contributed by atoms with Crippen molar-refractivity contribution in [3.63, 3.8) is 0 Å². The van der Waals surface area contributed by atoms with Gasteiger partial charge in [-0.1, -0.05) is 44.5 Å². The number of benzene rings is 1. The Balaban J connectivity index is 2.24. The zero-order chi connectivity index (χ0) is 13.5. The lowest BCUT2D eigenvalue weighted by Crippen LogP contribution is -2.24. The number of aryl methyl sites for hydroxylation is 1. The fraction of sp³-hybridized carbons (Fsp3) is 0.438. The minimum Gasteiger partial charge on any atom is -0.347 e. The molecule has 2 N–H and O–H groups in total. The van der Waals surface area contributed by atoms with E-state index >= 15 is 0 Å². The van der Waals surface area contributed by atoms with Crippen molar-refractivity contribution >= 4 is 0 Å². The van der Waals surface area contributed by atoms with Crippen LogP contribution in [-0.4, -0.2) is 16.5 Å². The largest absolute Gasteiger partial charge is 0.347 e. The predicted molar refractivity (Wildman–Crippen MR) is 79.2 cm³/mol. The maximum Gasteiger partial charge on any atom is 0.127 e. The number of hydrogen-bond acceptors (Lipinski definition) is 2. The summed E-state index contributed by atoms with van der Waals surface area (Å²) in [6.07, 6.45) is 7.12. The second kappa shape index (κ2) is 7.10. The van der Waals surface area contributed by atoms with Crippen LogP contribution in [0.1, 0.15) is 49.7 Å². The van der Waals surface area contributed by atoms with Gasteiger partial charge in [-0.2, -0.15) is 0 Å². The van der Waals surface area contributed by atoms with Crippen LogP contribution in [0.2, 0.25) is 0 Å². The zero-order valence-electron chi connectivity index (χ0n) is 11.8. The summed E-state index contributed by atoms with van der Waals surface area (Å²) in [5.74, 6) is 0.988. The van der Waals surface area contributed by atoms with Crippen LogP contribution in [0.3, 0.4) is 0 Å². The Kier molecular flexibility index (Phi) is 5.16. The Morgan fingerprint density at radius 3 is 2.84 bits per heavy atom. The third-order valence-electron chi connectivity index (χ3n) is 3.21. The van der Waals surface area contributed by atoms with Gasteiger partial charge in [-0.25, -0.2) is 4.98 Å². The summed E-state index contributed by atoms with van der Waals surface area (Å²) in [6, 6.07) is 8.97. The summed E-state index contributed by atoms with van der Waals surface area (Å²) < 4.78 is 0. The Morgan fingerprint density at radius 2 is 2.16 bits per heavy atom. The quantitative estimate of drug-likeness (QED) is 0.797. The standard InChI is InChI=1S/C16H23N3/c1-3-6-13-7-5-8-14(12-13)15(17-9-4-2)16-18-10-11-19-16/h5,7-8,10-12,15,17H,3-4,6,9H2,1-2H3,(H,18,19). The van der Waals surface area contributed by atoms with Gasteiger partial charge in [0.2, 0.25) is 0 Å². The minimum absolute atomic E-state index is 0.159. The summed E-state index contributed by atoms with van der Waals surface area (Å²) in [7, 11) is 0. The molecule has 0 saturated carbocycles. The van der Waals surface area contributed by atoms with Crippen molar-refractivity contribution in [1.82, 2.24) is 15.3 Å². The second-order valence-corrected chi connectivity index (χ2v) is 4.86. The number of nitrogens with one attached hydrogen (secondary N) is 2. The molecule has 102 valence electrons. The molecule has 0 radical (unpaired) electrons. The predicted octanol–water partition coefficient (Wildman–Crippen LogP) is 3.45. The van der Waals surface area contributed by atoms with Crippen molar-refractivity contribution in [2.45, 2.75) is 39.2 Å². The first-order valence-electron chi connectivity index (χ1n) is 7.16. The molecule has 1 aromatic carbocycles. The number of H-pyrrole nitrogens is 1. The Morgan fingerprint density at radius 1 is 1.26 bits per heavy atom. The van der Waals surface area contributed by atoms with E-state index in [2.05, 4.69) is 53.4 Å². The fourth-order valence-electron chi connectivity index (χ4n) is 2.31. The van der Waals surface area contributed by atoms with E-state index in [1.54, 1.807) is 0 Å². The van der Waals surface area contributed by atoms with Crippen molar-refractivity contribution in [2.75, 3.05) is 6.54 Å². The third kappa shape index (κ3) is 3.67. The molecular formula is C16H23N3. The number of hydrogen-bond donors (Lipinski definition) is 2. The lowest BCUT2D eigenvalue weighted by molar-refractivity contribution is 0.576. The maximum atomic E-state index is 4.40. The van der Waals surface area contributed by atoms with E-state index in [0.717, 1.165) is 25.2 Å². The van der Waals surface area contributed by atoms with Gasteiger partial charge in [-0.3, -0.25) is 0 Å². The van der Waals surface area contributed by atoms with Gasteiger partial charge in [0.05, 0.1) is 6.04 Å². The molecule has 2 rings (SSSR count). The van der Waals surface area contributed by atoms with Crippen molar-refractivity contribution < 1.29 is 0 Å². The van der Waals surface area contributed by atoms with E-state index in [4.69, 9.17) is 0 Å². The summed E-state index contributed by atoms with van der Waals surface area (Å²) >= 11 is 0. The Hall–Kier alpha value is -1.61. The summed E-state index contributed by atoms with van der Waals surface area (Å²) in [5.41, 5.74) is 2.68. The molecule has 19 heavy (non-hydrogen) atoms. The zero-order valence-corrected chi connectivity index (χ0v) is 11.8. The van der Waals surface area contributed by atoms with Crippen LogP contribution in [0, 0.1) is 0 Å². The first-order valence-corrected chi connectivity index (χ1v) is 7.16. The number of nitrogens with zero attached hydrogens (tertiary/aromatic N) is 1. The molecule has 0 saturated heterocycles. The van der Waals surface area contributed by atoms with Gasteiger partial charge in [0.15, 0.2) is 0 Å². The van der Waals surface area contributed by atoms with Crippen LogP contribution >= 0.6 is 0 Å². The van der Waals surface area contributed by atoms with E-state index in [0.29, 0.717) is 0 Å². The van der Waals surface area contributed by atoms with Gasteiger partial charge >= 0.3 is 0 Å². The van der Waals surface area contributed by atoms with Crippen LogP contribution in [0.25, 0.3) is 0 Å². The second-order valence-electron chi connectivity index (χ2n) is 4.86. The van der Waals surface area contributed by atoms with E-state index in [9.17, 15) is 0 Å². The van der Waals surface area contributed by atoms with Crippen LogP contribution in [0.15, 0.2) is 36.7 Å². The molecule has 1 atom stereocenters. The molecule has 1 heterocycles. The molecule has 0 bridgehead atoms. The number of rotatable bonds is 7. The monoisotopic (exact) mass is 257 g/mol. The van der Waals surface area contributed by atoms with Crippen LogP contribution in [0.4, 0.5) is 0 Å². The molecule has 3 nitrogen and oxygen atoms in total. The average Bonchev–Trinajstić information content (AvgIpc) is 2.94. The Labute approximate surface area is 115 Å². The maximum absolute atomic E-state index is 4.40. The number of aromatic amines is 1. The van der Waals surface area contributed by atoms with Gasteiger partial charge in [-0.15, -0.1) is 0 Å². The highest BCUT2D eigenvalue weighted by Gasteiger charge is 2.15. The van der Waals surface area contributed by atoms with Crippen LogP contribution in [-0.2, 0) is 6.42 Å². The van der Waals surface area contributed by atoms with E-state index in [1.807, 2.05) is 12.4 Å². The summed E-state index contributed by atoms with van der Waals surface area (Å²) in [4.78, 5) is 7.63. The number of aromatic nitrogens is 2. The number of imidazole rings is 1. The molecule has 0 fully saturated rings. The fourth-order valence-corrected chi connectivity index (χ4v) is 2.31. The molecular weight excluding hydrogens is 234 g/mol. The van der Waals surface area contributed by atoms with Crippen LogP contribution < -0.4 is 5.32 Å². The van der Waals surface area contributed by atoms with Gasteiger partial charge in [-0.05, 0) is 30.5 Å². The highest BCUT2D eigenvalue weighted by molar-refractivity contribution is 5.29. The van der Waals surface area contributed by atoms with Crippen molar-refractivity contribution in [3.05, 3.63) is 53.6 Å². The lowest BCUT2D eigenvalue weighted by Gasteiger charge is -2.17. The molecule has 0 aliphatic heterocycles. The Bertz CT molecular complexity index is 476. The highest BCUT2D eigenvalue weighted by Crippen LogP contribution is 2.20. The average molecular weight is 257 g/mol. The van der Waals surface area contributed by atoms with Crippen molar-refractivity contribution in [3.8, 4) is 0 Å². The smallest absolute Gasteiger partial charge is 0.127 e. The molecule has 0 aliphatic rings. The van der Waals surface area contributed by atoms with Crippen molar-refractivity contribution in [1.29, 1.82) is 0 Å². The topological polar surface area (TPSA) is 40.7 Å². The first-order chi connectivity index (χ1) is 9.35. The van der Waals surface area contributed by atoms with Gasteiger partial charge < -0.3 is 10.3 Å². The normalized spacial score (nSPS) is 12.5. The first kappa shape index (κ1) is 13.8. The lowest BCUT2D eigenvalue weighted by atomic mass is 10.0. The molecule has 0 aliphatic carbocycles. The highest BCUT2D eigenvalue weighted by atomic mass is 15.0. The van der Waals surface area contributed by atoms with Gasteiger partial charge in [0.25, 0.3) is 0 Å². The van der Waals surface area contributed by atoms with E-state index in [-0.39, 0.29) is 6.04 Å². The van der Waals surface area contributed by atoms with Gasteiger partial charge in [0.1, 0.15) is 5.82 Å². The van der Waals surface area contributed by atoms with Crippen LogP contribution in [0.5, 0.6) is 0 Å². The molecule has 2 aromatic rings. The summed E-state index contributed by atoms with van der Waals surface area (Å²) in [5, 5.41) is 3.56. The molecule has 1 unspecified atom stereocenters. The SMILES string of the molecule is CCCNC(c1cccc(CCC)c1)c1ncc[nH]1.